The molecule has 0 spiro atoms. The Morgan fingerprint density at radius 1 is 1.10 bits per heavy atom. The Morgan fingerprint density at radius 3 is 2.58 bits per heavy atom. The maximum atomic E-state index is 11.5. The van der Waals surface area contributed by atoms with Crippen LogP contribution in [0.15, 0.2) is 35.5 Å². The van der Waals surface area contributed by atoms with Crippen LogP contribution in [0.4, 0.5) is 0 Å². The van der Waals surface area contributed by atoms with E-state index in [1.807, 2.05) is 0 Å². The maximum Gasteiger partial charge on any atom is 0.302 e. The van der Waals surface area contributed by atoms with Gasteiger partial charge >= 0.3 is 5.97 Å². The molecule has 4 rings (SSSR count). The molecule has 172 valence electrons. The van der Waals surface area contributed by atoms with Crippen LogP contribution in [-0.2, 0) is 9.53 Å². The van der Waals surface area contributed by atoms with Crippen molar-refractivity contribution in [3.63, 3.8) is 0 Å². The number of allylic oxidation sites excluding steroid dienone is 5. The zero-order valence-electron chi connectivity index (χ0n) is 20.7. The third-order valence-corrected chi connectivity index (χ3v) is 9.61. The van der Waals surface area contributed by atoms with Gasteiger partial charge in [0.25, 0.3) is 0 Å². The smallest absolute Gasteiger partial charge is 0.302 e. The van der Waals surface area contributed by atoms with E-state index in [1.54, 1.807) is 12.5 Å². The molecule has 0 aromatic heterocycles. The molecule has 0 heterocycles. The molecule has 0 aliphatic heterocycles. The van der Waals surface area contributed by atoms with Crippen molar-refractivity contribution in [2.45, 2.75) is 99.0 Å². The molecule has 31 heavy (non-hydrogen) atoms. The fourth-order valence-electron chi connectivity index (χ4n) is 7.91. The molecule has 0 amide bonds. The van der Waals surface area contributed by atoms with Crippen LogP contribution in [-0.4, -0.2) is 12.1 Å². The van der Waals surface area contributed by atoms with Gasteiger partial charge < -0.3 is 4.74 Å². The van der Waals surface area contributed by atoms with Gasteiger partial charge in [-0.2, -0.15) is 0 Å². The van der Waals surface area contributed by atoms with Crippen LogP contribution in [0.2, 0.25) is 0 Å². The number of ether oxygens (including phenoxy) is 1. The lowest BCUT2D eigenvalue weighted by Crippen LogP contribution is -2.46. The van der Waals surface area contributed by atoms with Crippen molar-refractivity contribution in [3.05, 3.63) is 35.5 Å². The lowest BCUT2D eigenvalue weighted by atomic mass is 9.50. The monoisotopic (exact) mass is 424 g/mol. The Balaban J connectivity index is 1.54. The molecule has 0 aromatic rings. The van der Waals surface area contributed by atoms with Crippen LogP contribution >= 0.6 is 0 Å². The van der Waals surface area contributed by atoms with Gasteiger partial charge in [0.2, 0.25) is 0 Å². The predicted molar refractivity (Wildman–Crippen MR) is 128 cm³/mol. The summed E-state index contributed by atoms with van der Waals surface area (Å²) in [5.41, 5.74) is 4.00. The van der Waals surface area contributed by atoms with Gasteiger partial charge in [0, 0.05) is 13.3 Å². The molecule has 0 unspecified atom stereocenters. The predicted octanol–water partition coefficient (Wildman–Crippen LogP) is 7.66. The van der Waals surface area contributed by atoms with Crippen LogP contribution in [0.1, 0.15) is 92.9 Å². The second kappa shape index (κ2) is 8.56. The van der Waals surface area contributed by atoms with Gasteiger partial charge in [-0.3, -0.25) is 4.79 Å². The molecule has 3 fully saturated rings. The minimum absolute atomic E-state index is 0.0787. The highest BCUT2D eigenvalue weighted by Gasteiger charge is 2.56. The molecule has 0 N–H and O–H groups in total. The van der Waals surface area contributed by atoms with Gasteiger partial charge in [0.1, 0.15) is 6.10 Å². The maximum absolute atomic E-state index is 11.5. The van der Waals surface area contributed by atoms with Crippen molar-refractivity contribution in [1.29, 1.82) is 0 Å². The van der Waals surface area contributed by atoms with Gasteiger partial charge in [0.15, 0.2) is 0 Å². The van der Waals surface area contributed by atoms with Crippen LogP contribution < -0.4 is 0 Å². The Bertz CT molecular complexity index is 787. The van der Waals surface area contributed by atoms with Crippen LogP contribution in [0.5, 0.6) is 0 Å². The van der Waals surface area contributed by atoms with Gasteiger partial charge in [-0.1, -0.05) is 70.1 Å². The fraction of sp³-hybridized carbons (Fsp3) is 0.759. The van der Waals surface area contributed by atoms with Crippen molar-refractivity contribution >= 4 is 5.97 Å². The third-order valence-electron chi connectivity index (χ3n) is 9.61. The zero-order chi connectivity index (χ0) is 22.4. The summed E-state index contributed by atoms with van der Waals surface area (Å²) in [5.74, 6) is 3.53. The lowest BCUT2D eigenvalue weighted by Gasteiger charge is -2.55. The summed E-state index contributed by atoms with van der Waals surface area (Å²) in [4.78, 5) is 11.5. The minimum Gasteiger partial charge on any atom is -0.462 e. The topological polar surface area (TPSA) is 26.3 Å². The second-order valence-electron chi connectivity index (χ2n) is 12.0. The van der Waals surface area contributed by atoms with Crippen molar-refractivity contribution in [3.8, 4) is 0 Å². The summed E-state index contributed by atoms with van der Waals surface area (Å²) in [6.45, 7) is 13.7. The Hall–Kier alpha value is -1.31. The quantitative estimate of drug-likeness (QED) is 0.334. The summed E-state index contributed by atoms with van der Waals surface area (Å²) in [6, 6.07) is 0. The van der Waals surface area contributed by atoms with Crippen LogP contribution in [0.25, 0.3) is 0 Å². The number of hydrogen-bond donors (Lipinski definition) is 0. The molecule has 7 atom stereocenters. The number of fused-ring (bicyclic) bond motifs is 5. The highest BCUT2D eigenvalue weighted by molar-refractivity contribution is 5.66. The number of hydrogen-bond acceptors (Lipinski definition) is 2. The molecule has 2 nitrogen and oxygen atoms in total. The lowest BCUT2D eigenvalue weighted by molar-refractivity contribution is -0.148. The van der Waals surface area contributed by atoms with E-state index >= 15 is 0 Å². The summed E-state index contributed by atoms with van der Waals surface area (Å²) in [6.07, 6.45) is 19.7. The standard InChI is InChI=1S/C29H44O2/c1-19(2)8-7-9-20(3)25-12-13-26-24-11-10-22-18-23(31-21(4)30)14-16-28(22,5)27(24)15-17-29(25,26)6/h7,9-11,19-20,23,25-27H,8,12-18H2,1-6H3/b9-7+/t20-,23+,25-,26-,27-,28+,29-/m1/s1. The van der Waals surface area contributed by atoms with E-state index < -0.39 is 0 Å². The van der Waals surface area contributed by atoms with E-state index in [-0.39, 0.29) is 17.5 Å². The number of esters is 1. The zero-order valence-corrected chi connectivity index (χ0v) is 20.7. The number of rotatable bonds is 5. The van der Waals surface area contributed by atoms with E-state index in [0.717, 1.165) is 37.0 Å². The van der Waals surface area contributed by atoms with Crippen molar-refractivity contribution < 1.29 is 9.53 Å². The largest absolute Gasteiger partial charge is 0.462 e. The van der Waals surface area contributed by atoms with Crippen molar-refractivity contribution in [2.24, 2.45) is 40.4 Å². The highest BCUT2D eigenvalue weighted by Crippen LogP contribution is 2.66. The molecular weight excluding hydrogens is 380 g/mol. The van der Waals surface area contributed by atoms with E-state index in [0.29, 0.717) is 17.3 Å². The molecular formula is C29H44O2. The first kappa shape index (κ1) is 22.9. The number of carbonyl (C=O) groups excluding carboxylic acids is 1. The Morgan fingerprint density at radius 2 is 1.87 bits per heavy atom. The minimum atomic E-state index is -0.136. The summed E-state index contributed by atoms with van der Waals surface area (Å²) in [5, 5.41) is 0. The van der Waals surface area contributed by atoms with Gasteiger partial charge in [-0.15, -0.1) is 0 Å². The summed E-state index contributed by atoms with van der Waals surface area (Å²) < 4.78 is 5.59. The van der Waals surface area contributed by atoms with Crippen molar-refractivity contribution in [2.75, 3.05) is 0 Å². The highest BCUT2D eigenvalue weighted by atomic mass is 16.5. The Labute approximate surface area is 190 Å². The van der Waals surface area contributed by atoms with E-state index in [9.17, 15) is 4.79 Å². The molecule has 0 saturated heterocycles. The molecule has 0 bridgehead atoms. The molecule has 0 radical (unpaired) electrons. The fourth-order valence-corrected chi connectivity index (χ4v) is 7.91. The first-order valence-electron chi connectivity index (χ1n) is 12.9. The normalized spacial score (nSPS) is 40.6. The van der Waals surface area contributed by atoms with E-state index in [4.69, 9.17) is 4.74 Å². The molecule has 3 saturated carbocycles. The summed E-state index contributed by atoms with van der Waals surface area (Å²) in [7, 11) is 0. The molecule has 0 aromatic carbocycles. The average Bonchev–Trinajstić information content (AvgIpc) is 3.05. The third kappa shape index (κ3) is 4.09. The van der Waals surface area contributed by atoms with Gasteiger partial charge in [-0.25, -0.2) is 0 Å². The van der Waals surface area contributed by atoms with Crippen molar-refractivity contribution in [1.82, 2.24) is 0 Å². The van der Waals surface area contributed by atoms with E-state index in [2.05, 4.69) is 58.9 Å². The van der Waals surface area contributed by atoms with Gasteiger partial charge in [0.05, 0.1) is 0 Å². The number of carbonyl (C=O) groups is 1. The first-order valence-corrected chi connectivity index (χ1v) is 12.9. The van der Waals surface area contributed by atoms with Crippen LogP contribution in [0.3, 0.4) is 0 Å². The molecule has 4 aliphatic rings. The molecule has 2 heteroatoms. The SMILES string of the molecule is CC(=O)O[C@H]1CC[C@@]2(C)C(=CC=C3[C@H]4CC[C@H]([C@H](C)/C=C/CC(C)C)[C@@]4(C)CC[C@H]32)C1. The van der Waals surface area contributed by atoms with Gasteiger partial charge in [-0.05, 0) is 85.4 Å². The average molecular weight is 425 g/mol. The Kier molecular flexibility index (Phi) is 6.32. The van der Waals surface area contributed by atoms with E-state index in [1.165, 1.54) is 37.7 Å². The second-order valence-corrected chi connectivity index (χ2v) is 12.0. The summed E-state index contributed by atoms with van der Waals surface area (Å²) >= 11 is 0. The first-order chi connectivity index (χ1) is 14.6. The molecule has 4 aliphatic carbocycles. The van der Waals surface area contributed by atoms with Crippen LogP contribution in [0, 0.1) is 40.4 Å².